The molecule has 10 nitrogen and oxygen atoms in total. The molecule has 2 aliphatic rings. The summed E-state index contributed by atoms with van der Waals surface area (Å²) in [6, 6.07) is 3.81. The van der Waals surface area contributed by atoms with Crippen molar-refractivity contribution in [3.63, 3.8) is 0 Å². The third-order valence-corrected chi connectivity index (χ3v) is 5.55. The smallest absolute Gasteiger partial charge is 0.310 e. The average Bonchev–Trinajstić information content (AvgIpc) is 3.24. The first-order valence-corrected chi connectivity index (χ1v) is 9.62. The van der Waals surface area contributed by atoms with Crippen molar-refractivity contribution >= 4 is 34.4 Å². The van der Waals surface area contributed by atoms with Gasteiger partial charge in [0.25, 0.3) is 11.5 Å². The zero-order valence-electron chi connectivity index (χ0n) is 15.7. The number of nitrogens with zero attached hydrogens (tertiary/aromatic N) is 4. The Bertz CT molecular complexity index is 1040. The van der Waals surface area contributed by atoms with Crippen LogP contribution in [0.3, 0.4) is 0 Å². The largest absolute Gasteiger partial charge is 0.443 e. The van der Waals surface area contributed by atoms with Gasteiger partial charge in [-0.3, -0.25) is 19.2 Å². The van der Waals surface area contributed by atoms with Crippen LogP contribution in [0, 0.1) is 5.92 Å². The van der Waals surface area contributed by atoms with Crippen molar-refractivity contribution in [3.05, 3.63) is 28.6 Å². The third-order valence-electron chi connectivity index (χ3n) is 5.55. The summed E-state index contributed by atoms with van der Waals surface area (Å²) < 4.78 is 6.17. The molecule has 2 amide bonds. The first-order chi connectivity index (χ1) is 14.0. The van der Waals surface area contributed by atoms with Crippen LogP contribution in [0.1, 0.15) is 44.6 Å². The maximum Gasteiger partial charge on any atom is 0.310 e. The van der Waals surface area contributed by atoms with Gasteiger partial charge in [0, 0.05) is 12.1 Å². The topological polar surface area (TPSA) is 137 Å². The quantitative estimate of drug-likeness (QED) is 0.452. The van der Waals surface area contributed by atoms with Gasteiger partial charge in [-0.25, -0.2) is 4.90 Å². The van der Waals surface area contributed by atoms with E-state index < -0.39 is 36.1 Å². The zero-order chi connectivity index (χ0) is 20.5. The number of piperidine rings is 1. The van der Waals surface area contributed by atoms with Gasteiger partial charge in [-0.1, -0.05) is 24.1 Å². The summed E-state index contributed by atoms with van der Waals surface area (Å²) in [7, 11) is 0. The molecular weight excluding hydrogens is 378 g/mol. The molecule has 4 rings (SSSR count). The number of aromatic nitrogens is 3. The lowest BCUT2D eigenvalue weighted by Crippen LogP contribution is -2.49. The standard InChI is InChI=1S/C19H21N5O5/c20-12-6-3-7-13-16(12)18(27)24(22-21-13)14-8-9-15(25)23(17(14)26)10-29-19(28)11-4-1-2-5-11/h3,6-7,11,14H,1-2,4-5,8-10,20H2. The van der Waals surface area contributed by atoms with Gasteiger partial charge >= 0.3 is 5.97 Å². The molecule has 1 saturated heterocycles. The highest BCUT2D eigenvalue weighted by atomic mass is 16.5. The van der Waals surface area contributed by atoms with Crippen LogP contribution >= 0.6 is 0 Å². The number of fused-ring (bicyclic) bond motifs is 1. The van der Waals surface area contributed by atoms with E-state index in [-0.39, 0.29) is 29.8 Å². The molecule has 2 aromatic rings. The van der Waals surface area contributed by atoms with Crippen molar-refractivity contribution in [1.82, 2.24) is 19.9 Å². The number of carbonyl (C=O) groups excluding carboxylic acids is 3. The number of esters is 1. The van der Waals surface area contributed by atoms with E-state index in [9.17, 15) is 19.2 Å². The Kier molecular flexibility index (Phi) is 4.99. The number of hydrogen-bond donors (Lipinski definition) is 1. The summed E-state index contributed by atoms with van der Waals surface area (Å²) in [5, 5.41) is 8.02. The number of imide groups is 1. The van der Waals surface area contributed by atoms with Crippen LogP contribution in [-0.2, 0) is 19.1 Å². The van der Waals surface area contributed by atoms with Gasteiger partial charge in [-0.15, -0.1) is 5.10 Å². The molecule has 2 fully saturated rings. The van der Waals surface area contributed by atoms with Crippen LogP contribution in [0.15, 0.2) is 23.0 Å². The van der Waals surface area contributed by atoms with Crippen molar-refractivity contribution in [1.29, 1.82) is 0 Å². The van der Waals surface area contributed by atoms with Crippen LogP contribution < -0.4 is 11.3 Å². The van der Waals surface area contributed by atoms with Gasteiger partial charge in [0.2, 0.25) is 5.91 Å². The predicted octanol–water partition coefficient (Wildman–Crippen LogP) is 0.755. The molecule has 1 saturated carbocycles. The molecule has 10 heteroatoms. The predicted molar refractivity (Wildman–Crippen MR) is 101 cm³/mol. The summed E-state index contributed by atoms with van der Waals surface area (Å²) >= 11 is 0. The maximum absolute atomic E-state index is 12.9. The normalized spacial score (nSPS) is 20.4. The Morgan fingerprint density at radius 1 is 1.17 bits per heavy atom. The molecule has 2 heterocycles. The molecule has 1 atom stereocenters. The molecular formula is C19H21N5O5. The van der Waals surface area contributed by atoms with Crippen molar-refractivity contribution in [2.75, 3.05) is 12.5 Å². The second kappa shape index (κ2) is 7.61. The molecule has 1 aliphatic heterocycles. The van der Waals surface area contributed by atoms with E-state index in [1.165, 1.54) is 0 Å². The number of carbonyl (C=O) groups is 3. The summed E-state index contributed by atoms with van der Waals surface area (Å²) in [5.74, 6) is -1.68. The average molecular weight is 399 g/mol. The Hall–Kier alpha value is -3.30. The van der Waals surface area contributed by atoms with Crippen molar-refractivity contribution in [3.8, 4) is 0 Å². The van der Waals surface area contributed by atoms with Crippen molar-refractivity contribution in [2.24, 2.45) is 5.92 Å². The monoisotopic (exact) mass is 399 g/mol. The molecule has 1 aliphatic carbocycles. The number of benzene rings is 1. The van der Waals surface area contributed by atoms with Crippen LogP contribution in [0.5, 0.6) is 0 Å². The van der Waals surface area contributed by atoms with E-state index in [0.717, 1.165) is 35.3 Å². The number of rotatable bonds is 4. The Balaban J connectivity index is 1.57. The van der Waals surface area contributed by atoms with E-state index in [4.69, 9.17) is 10.5 Å². The summed E-state index contributed by atoms with van der Waals surface area (Å²) in [6.45, 7) is -0.457. The lowest BCUT2D eigenvalue weighted by Gasteiger charge is -2.30. The second-order valence-corrected chi connectivity index (χ2v) is 7.37. The van der Waals surface area contributed by atoms with E-state index in [0.29, 0.717) is 5.52 Å². The first-order valence-electron chi connectivity index (χ1n) is 9.62. The van der Waals surface area contributed by atoms with Gasteiger partial charge in [0.15, 0.2) is 6.73 Å². The SMILES string of the molecule is Nc1cccc2nnn(C3CCC(=O)N(COC(=O)C4CCCC4)C3=O)c(=O)c12. The molecule has 0 spiro atoms. The number of hydrogen-bond acceptors (Lipinski definition) is 8. The third kappa shape index (κ3) is 3.45. The van der Waals surface area contributed by atoms with E-state index >= 15 is 0 Å². The summed E-state index contributed by atoms with van der Waals surface area (Å²) in [5.41, 5.74) is 5.90. The molecule has 29 heavy (non-hydrogen) atoms. The fourth-order valence-electron chi connectivity index (χ4n) is 3.92. The molecule has 1 aromatic heterocycles. The Morgan fingerprint density at radius 3 is 2.69 bits per heavy atom. The lowest BCUT2D eigenvalue weighted by molar-refractivity contribution is -0.165. The lowest BCUT2D eigenvalue weighted by atomic mass is 10.0. The first kappa shape index (κ1) is 19.0. The fraction of sp³-hybridized carbons (Fsp3) is 0.474. The minimum Gasteiger partial charge on any atom is -0.443 e. The Morgan fingerprint density at radius 2 is 1.93 bits per heavy atom. The van der Waals surface area contributed by atoms with Crippen molar-refractivity contribution < 1.29 is 19.1 Å². The zero-order valence-corrected chi connectivity index (χ0v) is 15.7. The Labute approximate surface area is 165 Å². The van der Waals surface area contributed by atoms with Crippen LogP contribution in [0.25, 0.3) is 10.9 Å². The molecule has 152 valence electrons. The molecule has 0 bridgehead atoms. The van der Waals surface area contributed by atoms with E-state index in [1.807, 2.05) is 0 Å². The fourth-order valence-corrected chi connectivity index (χ4v) is 3.92. The number of amides is 2. The number of nitrogen functional groups attached to an aromatic ring is 1. The van der Waals surface area contributed by atoms with Crippen LogP contribution in [-0.4, -0.2) is 44.4 Å². The number of nitrogens with two attached hydrogens (primary N) is 1. The van der Waals surface area contributed by atoms with Gasteiger partial charge in [0.05, 0.1) is 11.3 Å². The van der Waals surface area contributed by atoms with Crippen LogP contribution in [0.4, 0.5) is 5.69 Å². The number of ether oxygens (including phenoxy) is 1. The van der Waals surface area contributed by atoms with Crippen LogP contribution in [0.2, 0.25) is 0 Å². The van der Waals surface area contributed by atoms with Gasteiger partial charge in [-0.05, 0) is 31.4 Å². The highest BCUT2D eigenvalue weighted by Crippen LogP contribution is 2.27. The highest BCUT2D eigenvalue weighted by Gasteiger charge is 2.38. The number of anilines is 1. The van der Waals surface area contributed by atoms with Crippen molar-refractivity contribution in [2.45, 2.75) is 44.6 Å². The molecule has 1 unspecified atom stereocenters. The van der Waals surface area contributed by atoms with E-state index in [1.54, 1.807) is 18.2 Å². The van der Waals surface area contributed by atoms with Gasteiger partial charge in [-0.2, -0.15) is 4.68 Å². The van der Waals surface area contributed by atoms with E-state index in [2.05, 4.69) is 10.3 Å². The molecule has 2 N–H and O–H groups in total. The summed E-state index contributed by atoms with van der Waals surface area (Å²) in [6.07, 6.45) is 3.58. The summed E-state index contributed by atoms with van der Waals surface area (Å²) in [4.78, 5) is 51.0. The molecule has 1 aromatic carbocycles. The maximum atomic E-state index is 12.9. The molecule has 0 radical (unpaired) electrons. The van der Waals surface area contributed by atoms with Gasteiger partial charge in [0.1, 0.15) is 11.6 Å². The minimum absolute atomic E-state index is 0.0216. The second-order valence-electron chi connectivity index (χ2n) is 7.37. The minimum atomic E-state index is -1.01. The van der Waals surface area contributed by atoms with Gasteiger partial charge < -0.3 is 10.5 Å². The number of likely N-dealkylation sites (tertiary alicyclic amines) is 1. The highest BCUT2D eigenvalue weighted by molar-refractivity contribution is 5.99.